The number of hydrogen-bond donors (Lipinski definition) is 3. The maximum absolute atomic E-state index is 13.5. The molecule has 0 bridgehead atoms. The standard InChI is InChI=1S/C27H33F3NO5PS/c1-19(2)36-25-11-8-20(17-23(25)27(28,29)30)6-3-13-35-24-10-9-21(16-22(24)26-7-4-15-38-26)18-31-12-5-14-37(32,33)34/h4,7-11,15-17,19,31H,3,5-6,12-14,18H2,1-2H3,(H2,32,33,34). The zero-order valence-corrected chi connectivity index (χ0v) is 23.0. The highest BCUT2D eigenvalue weighted by atomic mass is 32.1. The molecule has 0 saturated carbocycles. The summed E-state index contributed by atoms with van der Waals surface area (Å²) in [6, 6.07) is 13.9. The molecular formula is C27H33F3NO5PS. The molecule has 3 aromatic rings. The average Bonchev–Trinajstić information content (AvgIpc) is 3.36. The molecule has 0 amide bonds. The predicted octanol–water partition coefficient (Wildman–Crippen LogP) is 6.89. The number of hydrogen-bond acceptors (Lipinski definition) is 5. The van der Waals surface area contributed by atoms with Gasteiger partial charge < -0.3 is 24.6 Å². The first kappa shape index (κ1) is 30.2. The average molecular weight is 572 g/mol. The van der Waals surface area contributed by atoms with Gasteiger partial charge in [0.05, 0.1) is 24.4 Å². The van der Waals surface area contributed by atoms with Gasteiger partial charge in [-0.2, -0.15) is 13.2 Å². The van der Waals surface area contributed by atoms with Crippen molar-refractivity contribution >= 4 is 18.9 Å². The summed E-state index contributed by atoms with van der Waals surface area (Å²) in [6.07, 6.45) is -3.67. The van der Waals surface area contributed by atoms with Gasteiger partial charge in [0.15, 0.2) is 0 Å². The number of halogens is 3. The fourth-order valence-corrected chi connectivity index (χ4v) is 5.17. The van der Waals surface area contributed by atoms with Crippen molar-refractivity contribution in [2.45, 2.75) is 51.9 Å². The van der Waals surface area contributed by atoms with Crippen LogP contribution < -0.4 is 14.8 Å². The molecular weight excluding hydrogens is 538 g/mol. The first-order valence-electron chi connectivity index (χ1n) is 12.3. The lowest BCUT2D eigenvalue weighted by Gasteiger charge is -2.17. The summed E-state index contributed by atoms with van der Waals surface area (Å²) in [5.41, 5.74) is 1.72. The van der Waals surface area contributed by atoms with E-state index in [1.54, 1.807) is 31.3 Å². The smallest absolute Gasteiger partial charge is 0.419 e. The molecule has 0 radical (unpaired) electrons. The molecule has 0 aliphatic heterocycles. The van der Waals surface area contributed by atoms with Crippen LogP contribution in [0.3, 0.4) is 0 Å². The third kappa shape index (κ3) is 9.75. The van der Waals surface area contributed by atoms with Gasteiger partial charge in [0.25, 0.3) is 0 Å². The Labute approximate surface area is 225 Å². The molecule has 0 saturated heterocycles. The molecule has 0 atom stereocenters. The monoisotopic (exact) mass is 571 g/mol. The lowest BCUT2D eigenvalue weighted by molar-refractivity contribution is -0.139. The van der Waals surface area contributed by atoms with Gasteiger partial charge in [-0.3, -0.25) is 4.57 Å². The van der Waals surface area contributed by atoms with Crippen LogP contribution in [-0.2, 0) is 23.7 Å². The van der Waals surface area contributed by atoms with Crippen LogP contribution in [0, 0.1) is 0 Å². The van der Waals surface area contributed by atoms with E-state index in [4.69, 9.17) is 19.3 Å². The maximum Gasteiger partial charge on any atom is 0.419 e. The van der Waals surface area contributed by atoms with E-state index in [1.165, 1.54) is 6.07 Å². The first-order chi connectivity index (χ1) is 17.9. The molecule has 0 aliphatic rings. The largest absolute Gasteiger partial charge is 0.493 e. The number of alkyl halides is 3. The first-order valence-corrected chi connectivity index (χ1v) is 15.0. The van der Waals surface area contributed by atoms with E-state index in [0.29, 0.717) is 50.3 Å². The molecule has 208 valence electrons. The summed E-state index contributed by atoms with van der Waals surface area (Å²) in [6.45, 7) is 4.74. The minimum Gasteiger partial charge on any atom is -0.493 e. The molecule has 6 nitrogen and oxygen atoms in total. The topological polar surface area (TPSA) is 88.0 Å². The minimum atomic E-state index is -4.50. The van der Waals surface area contributed by atoms with Gasteiger partial charge in [-0.15, -0.1) is 11.3 Å². The minimum absolute atomic E-state index is 0.152. The van der Waals surface area contributed by atoms with Crippen molar-refractivity contribution in [1.29, 1.82) is 0 Å². The van der Waals surface area contributed by atoms with Crippen LogP contribution in [0.2, 0.25) is 0 Å². The highest BCUT2D eigenvalue weighted by Crippen LogP contribution is 2.38. The van der Waals surface area contributed by atoms with Gasteiger partial charge in [0.1, 0.15) is 11.5 Å². The van der Waals surface area contributed by atoms with Crippen molar-refractivity contribution in [3.63, 3.8) is 0 Å². The highest BCUT2D eigenvalue weighted by molar-refractivity contribution is 7.51. The van der Waals surface area contributed by atoms with E-state index in [9.17, 15) is 17.7 Å². The SMILES string of the molecule is CC(C)Oc1ccc(CCCOc2ccc(CNCCCP(=O)(O)O)cc2-c2cccs2)cc1C(F)(F)F. The second-order valence-electron chi connectivity index (χ2n) is 9.17. The summed E-state index contributed by atoms with van der Waals surface area (Å²) in [5.74, 6) is 0.527. The highest BCUT2D eigenvalue weighted by Gasteiger charge is 2.34. The van der Waals surface area contributed by atoms with Gasteiger partial charge in [0, 0.05) is 17.0 Å². The number of benzene rings is 2. The zero-order chi connectivity index (χ0) is 27.8. The molecule has 0 fully saturated rings. The molecule has 38 heavy (non-hydrogen) atoms. The van der Waals surface area contributed by atoms with Crippen molar-refractivity contribution in [3.05, 3.63) is 70.6 Å². The van der Waals surface area contributed by atoms with Crippen molar-refractivity contribution < 1.29 is 37.0 Å². The maximum atomic E-state index is 13.5. The fraction of sp³-hybridized carbons (Fsp3) is 0.407. The zero-order valence-electron chi connectivity index (χ0n) is 21.3. The van der Waals surface area contributed by atoms with Crippen LogP contribution in [0.4, 0.5) is 13.2 Å². The Kier molecular flexibility index (Phi) is 10.8. The van der Waals surface area contributed by atoms with Crippen LogP contribution in [0.15, 0.2) is 53.9 Å². The summed E-state index contributed by atoms with van der Waals surface area (Å²) < 4.78 is 62.9. The number of ether oxygens (including phenoxy) is 2. The van der Waals surface area contributed by atoms with E-state index in [2.05, 4.69) is 5.32 Å². The Balaban J connectivity index is 1.60. The van der Waals surface area contributed by atoms with E-state index >= 15 is 0 Å². The molecule has 1 heterocycles. The Hall–Kier alpha value is -2.36. The van der Waals surface area contributed by atoms with Crippen molar-refractivity contribution in [3.8, 4) is 21.9 Å². The number of nitrogens with one attached hydrogen (secondary N) is 1. The number of aryl methyl sites for hydroxylation is 1. The van der Waals surface area contributed by atoms with Crippen molar-refractivity contribution in [2.75, 3.05) is 19.3 Å². The van der Waals surface area contributed by atoms with Crippen LogP contribution in [0.25, 0.3) is 10.4 Å². The molecule has 0 aliphatic carbocycles. The second kappa shape index (κ2) is 13.6. The molecule has 11 heteroatoms. The summed E-state index contributed by atoms with van der Waals surface area (Å²) in [5, 5.41) is 5.17. The molecule has 2 aromatic carbocycles. The van der Waals surface area contributed by atoms with Crippen molar-refractivity contribution in [2.24, 2.45) is 0 Å². The normalized spacial score (nSPS) is 12.2. The van der Waals surface area contributed by atoms with Crippen LogP contribution in [0.1, 0.15) is 43.4 Å². The Morgan fingerprint density at radius 2 is 1.76 bits per heavy atom. The lowest BCUT2D eigenvalue weighted by Crippen LogP contribution is -2.16. The lowest BCUT2D eigenvalue weighted by atomic mass is 10.0. The molecule has 3 N–H and O–H groups in total. The molecule has 3 rings (SSSR count). The van der Waals surface area contributed by atoms with Crippen LogP contribution in [0.5, 0.6) is 11.5 Å². The van der Waals surface area contributed by atoms with Gasteiger partial charge in [-0.05, 0) is 86.5 Å². The van der Waals surface area contributed by atoms with Crippen LogP contribution >= 0.6 is 18.9 Å². The summed E-state index contributed by atoms with van der Waals surface area (Å²) >= 11 is 1.57. The van der Waals surface area contributed by atoms with E-state index in [0.717, 1.165) is 22.1 Å². The molecule has 0 unspecified atom stereocenters. The van der Waals surface area contributed by atoms with Crippen LogP contribution in [-0.4, -0.2) is 35.2 Å². The van der Waals surface area contributed by atoms with E-state index < -0.39 is 19.3 Å². The van der Waals surface area contributed by atoms with Gasteiger partial charge in [0.2, 0.25) is 0 Å². The van der Waals surface area contributed by atoms with E-state index in [1.807, 2.05) is 35.7 Å². The fourth-order valence-electron chi connectivity index (χ4n) is 3.85. The van der Waals surface area contributed by atoms with E-state index in [-0.39, 0.29) is 18.0 Å². The molecule has 1 aromatic heterocycles. The molecule has 0 spiro atoms. The Bertz CT molecular complexity index is 1210. The third-order valence-electron chi connectivity index (χ3n) is 5.54. The predicted molar refractivity (Wildman–Crippen MR) is 144 cm³/mol. The van der Waals surface area contributed by atoms with Gasteiger partial charge in [-0.1, -0.05) is 18.2 Å². The Morgan fingerprint density at radius 1 is 1.03 bits per heavy atom. The second-order valence-corrected chi connectivity index (χ2v) is 11.9. The Morgan fingerprint density at radius 3 is 2.42 bits per heavy atom. The summed E-state index contributed by atoms with van der Waals surface area (Å²) in [4.78, 5) is 19.0. The van der Waals surface area contributed by atoms with Gasteiger partial charge in [-0.25, -0.2) is 0 Å². The quantitative estimate of drug-likeness (QED) is 0.144. The number of rotatable bonds is 14. The number of thiophene rings is 1. The van der Waals surface area contributed by atoms with Gasteiger partial charge >= 0.3 is 13.8 Å². The summed E-state index contributed by atoms with van der Waals surface area (Å²) in [7, 11) is -3.99. The van der Waals surface area contributed by atoms with Crippen molar-refractivity contribution in [1.82, 2.24) is 5.32 Å². The third-order valence-corrected chi connectivity index (χ3v) is 7.34.